The molecule has 0 aliphatic carbocycles. The Kier molecular flexibility index (Phi) is 5.18. The van der Waals surface area contributed by atoms with Crippen LogP contribution in [0.25, 0.3) is 0 Å². The first-order valence-corrected chi connectivity index (χ1v) is 7.66. The van der Waals surface area contributed by atoms with Crippen molar-refractivity contribution in [3.8, 4) is 6.07 Å². The van der Waals surface area contributed by atoms with Crippen LogP contribution >= 0.6 is 11.3 Å². The second kappa shape index (κ2) is 7.10. The van der Waals surface area contributed by atoms with Crippen molar-refractivity contribution >= 4 is 22.9 Å². The fourth-order valence-corrected chi connectivity index (χ4v) is 2.99. The maximum atomic E-state index is 12.8. The standard InChI is InChI=1S/C17H14FNO2S/c1-11-8-9-22-17(11)16(21)14(10-19)15(20)7-4-12-2-5-13(18)6-3-12/h2-3,5-6,8-9,14H,4,7H2,1H3/t14-/m0/s1. The Labute approximate surface area is 132 Å². The molecule has 112 valence electrons. The quantitative estimate of drug-likeness (QED) is 0.603. The minimum atomic E-state index is -1.27. The summed E-state index contributed by atoms with van der Waals surface area (Å²) in [4.78, 5) is 24.9. The van der Waals surface area contributed by atoms with Crippen molar-refractivity contribution in [2.45, 2.75) is 19.8 Å². The topological polar surface area (TPSA) is 57.9 Å². The lowest BCUT2D eigenvalue weighted by Crippen LogP contribution is -2.23. The molecule has 0 aliphatic rings. The van der Waals surface area contributed by atoms with E-state index in [1.807, 2.05) is 6.07 Å². The largest absolute Gasteiger partial charge is 0.298 e. The highest BCUT2D eigenvalue weighted by Gasteiger charge is 2.28. The predicted octanol–water partition coefficient (Wildman–Crippen LogP) is 3.72. The van der Waals surface area contributed by atoms with Crippen LogP contribution in [0.4, 0.5) is 4.39 Å². The molecule has 0 aliphatic heterocycles. The lowest BCUT2D eigenvalue weighted by molar-refractivity contribution is -0.120. The molecular formula is C17H14FNO2S. The smallest absolute Gasteiger partial charge is 0.197 e. The summed E-state index contributed by atoms with van der Waals surface area (Å²) >= 11 is 1.24. The van der Waals surface area contributed by atoms with Gasteiger partial charge in [-0.05, 0) is 48.1 Å². The lowest BCUT2D eigenvalue weighted by atomic mass is 9.94. The SMILES string of the molecule is Cc1ccsc1C(=O)[C@@H](C#N)C(=O)CCc1ccc(F)cc1. The average molecular weight is 315 g/mol. The molecule has 2 aromatic rings. The average Bonchev–Trinajstić information content (AvgIpc) is 2.93. The van der Waals surface area contributed by atoms with Crippen LogP contribution in [0.2, 0.25) is 0 Å². The van der Waals surface area contributed by atoms with Crippen molar-refractivity contribution in [1.29, 1.82) is 5.26 Å². The van der Waals surface area contributed by atoms with Crippen LogP contribution in [-0.2, 0) is 11.2 Å². The Balaban J connectivity index is 2.03. The maximum Gasteiger partial charge on any atom is 0.197 e. The molecule has 1 aromatic carbocycles. The van der Waals surface area contributed by atoms with Gasteiger partial charge in [-0.2, -0.15) is 5.26 Å². The van der Waals surface area contributed by atoms with E-state index < -0.39 is 17.5 Å². The van der Waals surface area contributed by atoms with Crippen LogP contribution in [0.15, 0.2) is 35.7 Å². The molecule has 0 fully saturated rings. The number of carbonyl (C=O) groups excluding carboxylic acids is 2. The molecule has 0 bridgehead atoms. The Bertz CT molecular complexity index is 728. The summed E-state index contributed by atoms with van der Waals surface area (Å²) in [6.45, 7) is 1.78. The molecule has 2 rings (SSSR count). The summed E-state index contributed by atoms with van der Waals surface area (Å²) in [5.41, 5.74) is 1.58. The molecule has 3 nitrogen and oxygen atoms in total. The van der Waals surface area contributed by atoms with Crippen molar-refractivity contribution in [2.75, 3.05) is 0 Å². The van der Waals surface area contributed by atoms with E-state index in [1.165, 1.54) is 23.5 Å². The Morgan fingerprint density at radius 1 is 1.27 bits per heavy atom. The van der Waals surface area contributed by atoms with Gasteiger partial charge in [0.1, 0.15) is 5.82 Å². The Morgan fingerprint density at radius 2 is 1.95 bits per heavy atom. The molecule has 0 saturated carbocycles. The van der Waals surface area contributed by atoms with Gasteiger partial charge in [0.05, 0.1) is 10.9 Å². The fourth-order valence-electron chi connectivity index (χ4n) is 2.10. The van der Waals surface area contributed by atoms with Gasteiger partial charge in [0, 0.05) is 6.42 Å². The van der Waals surface area contributed by atoms with E-state index in [4.69, 9.17) is 5.26 Å². The zero-order valence-corrected chi connectivity index (χ0v) is 12.8. The number of thiophene rings is 1. The zero-order valence-electron chi connectivity index (χ0n) is 12.0. The Morgan fingerprint density at radius 3 is 2.50 bits per heavy atom. The first-order chi connectivity index (χ1) is 10.5. The van der Waals surface area contributed by atoms with Crippen LogP contribution in [0.5, 0.6) is 0 Å². The number of nitrogens with zero attached hydrogens (tertiary/aromatic N) is 1. The number of Topliss-reactive ketones (excluding diaryl/α,β-unsaturated/α-hetero) is 2. The van der Waals surface area contributed by atoms with E-state index in [9.17, 15) is 14.0 Å². The number of benzene rings is 1. The van der Waals surface area contributed by atoms with Crippen LogP contribution < -0.4 is 0 Å². The van der Waals surface area contributed by atoms with Gasteiger partial charge in [0.15, 0.2) is 17.5 Å². The molecular weight excluding hydrogens is 301 g/mol. The normalized spacial score (nSPS) is 11.7. The van der Waals surface area contributed by atoms with E-state index >= 15 is 0 Å². The van der Waals surface area contributed by atoms with E-state index in [2.05, 4.69) is 0 Å². The summed E-state index contributed by atoms with van der Waals surface area (Å²) in [5, 5.41) is 10.9. The van der Waals surface area contributed by atoms with Gasteiger partial charge in [-0.25, -0.2) is 4.39 Å². The number of aryl methyl sites for hydroxylation is 2. The first-order valence-electron chi connectivity index (χ1n) is 6.78. The van der Waals surface area contributed by atoms with Crippen molar-refractivity contribution in [3.63, 3.8) is 0 Å². The molecule has 5 heteroatoms. The molecule has 22 heavy (non-hydrogen) atoms. The number of nitriles is 1. The molecule has 0 radical (unpaired) electrons. The molecule has 1 atom stereocenters. The second-order valence-corrected chi connectivity index (χ2v) is 5.87. The minimum Gasteiger partial charge on any atom is -0.298 e. The Hall–Kier alpha value is -2.32. The highest BCUT2D eigenvalue weighted by molar-refractivity contribution is 7.12. The van der Waals surface area contributed by atoms with Crippen molar-refractivity contribution < 1.29 is 14.0 Å². The molecule has 1 heterocycles. The first kappa shape index (κ1) is 16.1. The van der Waals surface area contributed by atoms with Crippen LogP contribution in [0.3, 0.4) is 0 Å². The van der Waals surface area contributed by atoms with Crippen LogP contribution in [-0.4, -0.2) is 11.6 Å². The number of hydrogen-bond acceptors (Lipinski definition) is 4. The molecule has 0 unspecified atom stereocenters. The highest BCUT2D eigenvalue weighted by atomic mass is 32.1. The maximum absolute atomic E-state index is 12.8. The third-order valence-corrected chi connectivity index (χ3v) is 4.40. The number of ketones is 2. The molecule has 1 aromatic heterocycles. The van der Waals surface area contributed by atoms with Crippen LogP contribution in [0, 0.1) is 30.0 Å². The van der Waals surface area contributed by atoms with Gasteiger partial charge in [-0.3, -0.25) is 9.59 Å². The van der Waals surface area contributed by atoms with Crippen molar-refractivity contribution in [1.82, 2.24) is 0 Å². The van der Waals surface area contributed by atoms with Crippen molar-refractivity contribution in [3.05, 3.63) is 57.5 Å². The summed E-state index contributed by atoms with van der Waals surface area (Å²) in [5.74, 6) is -2.44. The van der Waals surface area contributed by atoms with Crippen molar-refractivity contribution in [2.24, 2.45) is 5.92 Å². The zero-order chi connectivity index (χ0) is 16.1. The lowest BCUT2D eigenvalue weighted by Gasteiger charge is -2.07. The monoisotopic (exact) mass is 315 g/mol. The number of halogens is 1. The van der Waals surface area contributed by atoms with Gasteiger partial charge in [-0.15, -0.1) is 11.3 Å². The summed E-state index contributed by atoms with van der Waals surface area (Å²) in [6, 6.07) is 9.42. The third-order valence-electron chi connectivity index (χ3n) is 3.37. The van der Waals surface area contributed by atoms with E-state index in [0.717, 1.165) is 11.1 Å². The number of hydrogen-bond donors (Lipinski definition) is 0. The van der Waals surface area contributed by atoms with E-state index in [-0.39, 0.29) is 12.2 Å². The van der Waals surface area contributed by atoms with Gasteiger partial charge in [0.25, 0.3) is 0 Å². The highest BCUT2D eigenvalue weighted by Crippen LogP contribution is 2.21. The summed E-state index contributed by atoms with van der Waals surface area (Å²) in [6.07, 6.45) is 0.466. The van der Waals surface area contributed by atoms with Gasteiger partial charge >= 0.3 is 0 Å². The molecule has 0 N–H and O–H groups in total. The minimum absolute atomic E-state index is 0.0834. The fraction of sp³-hybridized carbons (Fsp3) is 0.235. The van der Waals surface area contributed by atoms with Gasteiger partial charge in [-0.1, -0.05) is 12.1 Å². The third kappa shape index (κ3) is 3.66. The van der Waals surface area contributed by atoms with Crippen LogP contribution in [0.1, 0.15) is 27.2 Å². The van der Waals surface area contributed by atoms with E-state index in [1.54, 1.807) is 30.5 Å². The summed E-state index contributed by atoms with van der Waals surface area (Å²) < 4.78 is 12.8. The second-order valence-electron chi connectivity index (χ2n) is 4.95. The molecule has 0 spiro atoms. The molecule has 0 saturated heterocycles. The molecule has 0 amide bonds. The van der Waals surface area contributed by atoms with Gasteiger partial charge in [0.2, 0.25) is 0 Å². The van der Waals surface area contributed by atoms with Gasteiger partial charge < -0.3 is 0 Å². The number of carbonyl (C=O) groups is 2. The number of rotatable bonds is 6. The predicted molar refractivity (Wildman–Crippen MR) is 82.2 cm³/mol. The van der Waals surface area contributed by atoms with E-state index in [0.29, 0.717) is 11.3 Å². The summed E-state index contributed by atoms with van der Waals surface area (Å²) in [7, 11) is 0.